The second-order valence-corrected chi connectivity index (χ2v) is 8.38. The first-order valence-corrected chi connectivity index (χ1v) is 12.0. The van der Waals surface area contributed by atoms with Gasteiger partial charge in [-0.25, -0.2) is 9.78 Å². The Labute approximate surface area is 214 Å². The van der Waals surface area contributed by atoms with Gasteiger partial charge in [-0.05, 0) is 61.0 Å². The quantitative estimate of drug-likeness (QED) is 0.239. The number of benzene rings is 4. The molecule has 0 saturated heterocycles. The van der Waals surface area contributed by atoms with E-state index in [1.807, 2.05) is 60.7 Å². The van der Waals surface area contributed by atoms with Crippen molar-refractivity contribution in [2.45, 2.75) is 19.4 Å². The monoisotopic (exact) mass is 491 g/mol. The molecule has 0 radical (unpaired) electrons. The van der Waals surface area contributed by atoms with E-state index in [9.17, 15) is 9.59 Å². The Morgan fingerprint density at radius 2 is 1.51 bits per heavy atom. The van der Waals surface area contributed by atoms with Gasteiger partial charge in [0.25, 0.3) is 5.91 Å². The van der Waals surface area contributed by atoms with Gasteiger partial charge >= 0.3 is 5.97 Å². The second kappa shape index (κ2) is 10.8. The van der Waals surface area contributed by atoms with Crippen molar-refractivity contribution >= 4 is 28.6 Å². The van der Waals surface area contributed by atoms with Crippen LogP contribution in [0.4, 0.5) is 5.69 Å². The number of rotatable bonds is 8. The Balaban J connectivity index is 1.27. The van der Waals surface area contributed by atoms with Gasteiger partial charge in [0.2, 0.25) is 0 Å². The molecule has 1 heterocycles. The van der Waals surface area contributed by atoms with Gasteiger partial charge in [-0.15, -0.1) is 0 Å². The number of carbonyl (C=O) groups is 2. The number of imidazole rings is 1. The number of H-pyrrole nitrogens is 1. The van der Waals surface area contributed by atoms with E-state index in [-0.39, 0.29) is 0 Å². The molecule has 7 nitrogen and oxygen atoms in total. The predicted octanol–water partition coefficient (Wildman–Crippen LogP) is 6.60. The van der Waals surface area contributed by atoms with E-state index in [1.165, 1.54) is 0 Å². The highest BCUT2D eigenvalue weighted by Crippen LogP contribution is 2.26. The molecule has 1 atom stereocenters. The highest BCUT2D eigenvalue weighted by atomic mass is 16.5. The smallest absolute Gasteiger partial charge is 0.339 e. The Bertz CT molecular complexity index is 1490. The molecule has 0 aliphatic rings. The molecule has 2 N–H and O–H groups in total. The highest BCUT2D eigenvalue weighted by molar-refractivity contribution is 6.00. The molecule has 1 unspecified atom stereocenters. The molecule has 4 aromatic carbocycles. The van der Waals surface area contributed by atoms with Gasteiger partial charge < -0.3 is 19.8 Å². The molecule has 0 aliphatic heterocycles. The Hall–Kier alpha value is -4.91. The van der Waals surface area contributed by atoms with Gasteiger partial charge in [-0.1, -0.05) is 55.5 Å². The van der Waals surface area contributed by atoms with Crippen LogP contribution in [0.15, 0.2) is 103 Å². The lowest BCUT2D eigenvalue weighted by Crippen LogP contribution is -2.32. The van der Waals surface area contributed by atoms with Crippen molar-refractivity contribution in [1.29, 1.82) is 0 Å². The molecule has 0 fully saturated rings. The van der Waals surface area contributed by atoms with Crippen molar-refractivity contribution in [3.63, 3.8) is 0 Å². The largest absolute Gasteiger partial charge is 0.457 e. The molecule has 0 bridgehead atoms. The zero-order valence-electron chi connectivity index (χ0n) is 20.2. The number of nitrogens with zero attached hydrogens (tertiary/aromatic N) is 1. The molecule has 0 saturated carbocycles. The number of carbonyl (C=O) groups excluding carboxylic acids is 2. The third-order valence-electron chi connectivity index (χ3n) is 5.80. The average Bonchev–Trinajstić information content (AvgIpc) is 3.37. The number of aromatic nitrogens is 2. The van der Waals surface area contributed by atoms with Crippen LogP contribution in [0.1, 0.15) is 23.7 Å². The minimum atomic E-state index is -0.962. The fourth-order valence-corrected chi connectivity index (χ4v) is 3.92. The molecular formula is C30H25N3O4. The van der Waals surface area contributed by atoms with Crippen molar-refractivity contribution in [2.24, 2.45) is 0 Å². The summed E-state index contributed by atoms with van der Waals surface area (Å²) in [5, 5.41) is 2.81. The fraction of sp³-hybridized carbons (Fsp3) is 0.100. The standard InChI is InChI=1S/C30H25N3O4/c1-2-27(29(34)31-20-16-18-22(19-17-20)36-21-10-4-3-5-11-21)37-30(35)24-13-7-6-12-23(24)28-32-25-14-8-9-15-26(25)33-28/h3-19,27H,2H2,1H3,(H,31,34)(H,32,33). The Morgan fingerprint density at radius 3 is 2.27 bits per heavy atom. The van der Waals surface area contributed by atoms with E-state index in [4.69, 9.17) is 9.47 Å². The van der Waals surface area contributed by atoms with Crippen LogP contribution in [0.25, 0.3) is 22.4 Å². The van der Waals surface area contributed by atoms with Gasteiger partial charge in [0.15, 0.2) is 6.10 Å². The number of esters is 1. The predicted molar refractivity (Wildman–Crippen MR) is 143 cm³/mol. The maximum Gasteiger partial charge on any atom is 0.339 e. The maximum absolute atomic E-state index is 13.1. The first kappa shape index (κ1) is 23.8. The number of ether oxygens (including phenoxy) is 2. The zero-order valence-corrected chi connectivity index (χ0v) is 20.2. The van der Waals surface area contributed by atoms with Crippen LogP contribution < -0.4 is 10.1 Å². The van der Waals surface area contributed by atoms with E-state index in [0.29, 0.717) is 34.8 Å². The van der Waals surface area contributed by atoms with Gasteiger partial charge in [0.1, 0.15) is 17.3 Å². The summed E-state index contributed by atoms with van der Waals surface area (Å²) in [5.41, 5.74) is 3.17. The summed E-state index contributed by atoms with van der Waals surface area (Å²) >= 11 is 0. The number of anilines is 1. The van der Waals surface area contributed by atoms with Gasteiger partial charge in [0, 0.05) is 11.3 Å². The van der Waals surface area contributed by atoms with Crippen molar-refractivity contribution in [3.8, 4) is 22.9 Å². The number of hydrogen-bond donors (Lipinski definition) is 2. The average molecular weight is 492 g/mol. The van der Waals surface area contributed by atoms with E-state index >= 15 is 0 Å². The van der Waals surface area contributed by atoms with Crippen LogP contribution in [0.3, 0.4) is 0 Å². The van der Waals surface area contributed by atoms with Crippen molar-refractivity contribution in [3.05, 3.63) is 109 Å². The molecule has 1 amide bonds. The maximum atomic E-state index is 13.1. The van der Waals surface area contributed by atoms with E-state index < -0.39 is 18.0 Å². The van der Waals surface area contributed by atoms with E-state index in [0.717, 1.165) is 16.8 Å². The Morgan fingerprint density at radius 1 is 0.838 bits per heavy atom. The van der Waals surface area contributed by atoms with Crippen LogP contribution in [0.5, 0.6) is 11.5 Å². The summed E-state index contributed by atoms with van der Waals surface area (Å²) in [7, 11) is 0. The van der Waals surface area contributed by atoms with Gasteiger partial charge in [-0.2, -0.15) is 0 Å². The summed E-state index contributed by atoms with van der Waals surface area (Å²) in [6.45, 7) is 1.79. The molecule has 5 rings (SSSR count). The topological polar surface area (TPSA) is 93.3 Å². The minimum Gasteiger partial charge on any atom is -0.457 e. The molecule has 1 aromatic heterocycles. The van der Waals surface area contributed by atoms with Crippen LogP contribution in [-0.2, 0) is 9.53 Å². The lowest BCUT2D eigenvalue weighted by atomic mass is 10.1. The lowest BCUT2D eigenvalue weighted by molar-refractivity contribution is -0.124. The number of aromatic amines is 1. The number of nitrogens with one attached hydrogen (secondary N) is 2. The lowest BCUT2D eigenvalue weighted by Gasteiger charge is -2.17. The van der Waals surface area contributed by atoms with Crippen molar-refractivity contribution in [2.75, 3.05) is 5.32 Å². The van der Waals surface area contributed by atoms with Crippen LogP contribution in [-0.4, -0.2) is 27.9 Å². The number of fused-ring (bicyclic) bond motifs is 1. The van der Waals surface area contributed by atoms with Crippen molar-refractivity contribution in [1.82, 2.24) is 9.97 Å². The van der Waals surface area contributed by atoms with Crippen molar-refractivity contribution < 1.29 is 19.1 Å². The highest BCUT2D eigenvalue weighted by Gasteiger charge is 2.24. The zero-order chi connectivity index (χ0) is 25.6. The fourth-order valence-electron chi connectivity index (χ4n) is 3.92. The normalized spacial score (nSPS) is 11.6. The molecule has 184 valence electrons. The minimum absolute atomic E-state index is 0.319. The molecular weight excluding hydrogens is 466 g/mol. The first-order valence-electron chi connectivity index (χ1n) is 12.0. The van der Waals surface area contributed by atoms with Gasteiger partial charge in [-0.3, -0.25) is 4.79 Å². The van der Waals surface area contributed by atoms with E-state index in [2.05, 4.69) is 15.3 Å². The number of para-hydroxylation sites is 3. The molecule has 5 aromatic rings. The second-order valence-electron chi connectivity index (χ2n) is 8.38. The summed E-state index contributed by atoms with van der Waals surface area (Å²) in [6.07, 6.45) is -0.643. The Kier molecular flexibility index (Phi) is 6.94. The summed E-state index contributed by atoms with van der Waals surface area (Å²) in [4.78, 5) is 33.9. The van der Waals surface area contributed by atoms with Crippen LogP contribution in [0.2, 0.25) is 0 Å². The summed E-state index contributed by atoms with van der Waals surface area (Å²) in [6, 6.07) is 31.1. The van der Waals surface area contributed by atoms with Crippen LogP contribution >= 0.6 is 0 Å². The summed E-state index contributed by atoms with van der Waals surface area (Å²) in [5.74, 6) is 0.924. The first-order chi connectivity index (χ1) is 18.1. The SMILES string of the molecule is CCC(OC(=O)c1ccccc1-c1nc2ccccc2[nH]1)C(=O)Nc1ccc(Oc2ccccc2)cc1. The molecule has 0 aliphatic carbocycles. The van der Waals surface area contributed by atoms with Gasteiger partial charge in [0.05, 0.1) is 16.6 Å². The molecule has 37 heavy (non-hydrogen) atoms. The molecule has 7 heteroatoms. The number of hydrogen-bond acceptors (Lipinski definition) is 5. The molecule has 0 spiro atoms. The third kappa shape index (κ3) is 5.51. The number of amides is 1. The van der Waals surface area contributed by atoms with E-state index in [1.54, 1.807) is 49.4 Å². The summed E-state index contributed by atoms with van der Waals surface area (Å²) < 4.78 is 11.4. The third-order valence-corrected chi connectivity index (χ3v) is 5.80. The van der Waals surface area contributed by atoms with Crippen LogP contribution in [0, 0.1) is 0 Å².